The highest BCUT2D eigenvalue weighted by atomic mass is 16.3. The van der Waals surface area contributed by atoms with Crippen molar-refractivity contribution in [3.05, 3.63) is 65.5 Å². The number of carbonyl (C=O) groups excluding carboxylic acids is 1. The minimum absolute atomic E-state index is 0.0102. The molecule has 2 aliphatic rings. The molecular formula is C23H27N3O2. The molecule has 1 amide bonds. The van der Waals surface area contributed by atoms with Crippen molar-refractivity contribution in [1.82, 2.24) is 14.8 Å². The third-order valence-electron chi connectivity index (χ3n) is 6.57. The number of aromatic hydroxyl groups is 1. The summed E-state index contributed by atoms with van der Waals surface area (Å²) in [6.07, 6.45) is 8.75. The van der Waals surface area contributed by atoms with E-state index in [0.29, 0.717) is 5.75 Å². The molecule has 0 saturated carbocycles. The van der Waals surface area contributed by atoms with E-state index < -0.39 is 0 Å². The average molecular weight is 377 g/mol. The number of likely N-dealkylation sites (N-methyl/N-ethyl adjacent to an activating group) is 2. The van der Waals surface area contributed by atoms with Crippen LogP contribution in [0.3, 0.4) is 0 Å². The first-order chi connectivity index (χ1) is 13.4. The molecule has 1 aromatic heterocycles. The van der Waals surface area contributed by atoms with Crippen molar-refractivity contribution >= 4 is 12.0 Å². The SMILES string of the molecule is CN1CC[C@@]2(C)c3cc(O)ccc3C[C@@H]1[C@@H]2N(C)C(=O)/C=C/c1cccnc1. The van der Waals surface area contributed by atoms with Crippen LogP contribution in [0.15, 0.2) is 48.8 Å². The lowest BCUT2D eigenvalue weighted by Gasteiger charge is -2.57. The van der Waals surface area contributed by atoms with Gasteiger partial charge in [0.25, 0.3) is 0 Å². The monoisotopic (exact) mass is 377 g/mol. The first kappa shape index (κ1) is 18.7. The Bertz CT molecular complexity index is 911. The van der Waals surface area contributed by atoms with Gasteiger partial charge >= 0.3 is 0 Å². The lowest BCUT2D eigenvalue weighted by molar-refractivity contribution is -0.132. The van der Waals surface area contributed by atoms with Gasteiger partial charge in [0.1, 0.15) is 5.75 Å². The molecule has 0 radical (unpaired) electrons. The van der Waals surface area contributed by atoms with Crippen molar-refractivity contribution in [1.29, 1.82) is 0 Å². The maximum atomic E-state index is 13.0. The molecule has 2 heterocycles. The number of pyridine rings is 1. The molecule has 2 aromatic rings. The maximum Gasteiger partial charge on any atom is 0.246 e. The highest BCUT2D eigenvalue weighted by molar-refractivity contribution is 5.92. The first-order valence-corrected chi connectivity index (χ1v) is 9.77. The third kappa shape index (κ3) is 3.10. The number of rotatable bonds is 3. The molecule has 1 saturated heterocycles. The van der Waals surface area contributed by atoms with Gasteiger partial charge in [0.05, 0.1) is 6.04 Å². The van der Waals surface area contributed by atoms with Crippen LogP contribution >= 0.6 is 0 Å². The quantitative estimate of drug-likeness (QED) is 0.836. The van der Waals surface area contributed by atoms with E-state index in [-0.39, 0.29) is 23.4 Å². The van der Waals surface area contributed by atoms with Gasteiger partial charge in [-0.05, 0) is 67.4 Å². The second-order valence-electron chi connectivity index (χ2n) is 8.27. The number of nitrogens with zero attached hydrogens (tertiary/aromatic N) is 3. The van der Waals surface area contributed by atoms with Crippen molar-refractivity contribution in [2.45, 2.75) is 37.3 Å². The largest absolute Gasteiger partial charge is 0.508 e. The van der Waals surface area contributed by atoms with Crippen molar-refractivity contribution in [3.63, 3.8) is 0 Å². The molecule has 1 aliphatic carbocycles. The molecule has 28 heavy (non-hydrogen) atoms. The molecule has 1 fully saturated rings. The standard InChI is InChI=1S/C23H27N3O2/c1-23-10-12-25(2)20(13-17-7-8-18(27)14-19(17)23)22(23)26(3)21(28)9-6-16-5-4-11-24-15-16/h4-9,11,14-15,20,22,27H,10,12-13H2,1-3H3/b9-6+/t20-,22+,23+/m1/s1. The Morgan fingerprint density at radius 3 is 2.96 bits per heavy atom. The van der Waals surface area contributed by atoms with Gasteiger partial charge in [-0.15, -0.1) is 0 Å². The molecule has 146 valence electrons. The van der Waals surface area contributed by atoms with Crippen molar-refractivity contribution < 1.29 is 9.90 Å². The van der Waals surface area contributed by atoms with Crippen LogP contribution in [0.25, 0.3) is 6.08 Å². The summed E-state index contributed by atoms with van der Waals surface area (Å²) in [5.74, 6) is 0.283. The number of amides is 1. The van der Waals surface area contributed by atoms with E-state index in [1.165, 1.54) is 11.1 Å². The molecular weight excluding hydrogens is 350 g/mol. The van der Waals surface area contributed by atoms with Crippen LogP contribution in [0, 0.1) is 0 Å². The van der Waals surface area contributed by atoms with E-state index in [0.717, 1.165) is 24.9 Å². The van der Waals surface area contributed by atoms with E-state index >= 15 is 0 Å². The van der Waals surface area contributed by atoms with E-state index in [1.54, 1.807) is 24.5 Å². The van der Waals surface area contributed by atoms with Gasteiger partial charge in [-0.25, -0.2) is 0 Å². The van der Waals surface area contributed by atoms with Gasteiger partial charge < -0.3 is 14.9 Å². The zero-order valence-corrected chi connectivity index (χ0v) is 16.7. The minimum Gasteiger partial charge on any atom is -0.508 e. The van der Waals surface area contributed by atoms with Gasteiger partial charge in [0, 0.05) is 37.0 Å². The molecule has 2 bridgehead atoms. The summed E-state index contributed by atoms with van der Waals surface area (Å²) >= 11 is 0. The van der Waals surface area contributed by atoms with Crippen molar-refractivity contribution in [2.75, 3.05) is 20.6 Å². The Balaban J connectivity index is 1.67. The number of fused-ring (bicyclic) bond motifs is 4. The summed E-state index contributed by atoms with van der Waals surface area (Å²) in [5, 5.41) is 10.1. The van der Waals surface area contributed by atoms with Crippen LogP contribution in [0.1, 0.15) is 30.0 Å². The number of aromatic nitrogens is 1. The summed E-state index contributed by atoms with van der Waals surface area (Å²) in [6, 6.07) is 9.80. The number of benzene rings is 1. The molecule has 1 N–H and O–H groups in total. The first-order valence-electron chi connectivity index (χ1n) is 9.77. The van der Waals surface area contributed by atoms with E-state index in [9.17, 15) is 9.90 Å². The summed E-state index contributed by atoms with van der Waals surface area (Å²) in [6.45, 7) is 3.23. The van der Waals surface area contributed by atoms with Crippen LogP contribution in [0.4, 0.5) is 0 Å². The molecule has 5 heteroatoms. The Hall–Kier alpha value is -2.66. The molecule has 4 rings (SSSR count). The summed E-state index contributed by atoms with van der Waals surface area (Å²) in [7, 11) is 4.05. The summed E-state index contributed by atoms with van der Waals surface area (Å²) in [4.78, 5) is 21.4. The number of carbonyl (C=O) groups is 1. The topological polar surface area (TPSA) is 56.7 Å². The van der Waals surface area contributed by atoms with Crippen LogP contribution in [-0.2, 0) is 16.6 Å². The number of phenolic OH excluding ortho intramolecular Hbond substituents is 1. The number of hydrogen-bond donors (Lipinski definition) is 1. The van der Waals surface area contributed by atoms with Crippen molar-refractivity contribution in [2.24, 2.45) is 0 Å². The lowest BCUT2D eigenvalue weighted by atomic mass is 9.61. The van der Waals surface area contributed by atoms with E-state index in [2.05, 4.69) is 23.9 Å². The van der Waals surface area contributed by atoms with Crippen LogP contribution in [0.2, 0.25) is 0 Å². The molecule has 0 spiro atoms. The predicted octanol–water partition coefficient (Wildman–Crippen LogP) is 2.85. The van der Waals surface area contributed by atoms with Crippen molar-refractivity contribution in [3.8, 4) is 5.75 Å². The maximum absolute atomic E-state index is 13.0. The fourth-order valence-electron chi connectivity index (χ4n) is 5.03. The molecule has 0 unspecified atom stereocenters. The Morgan fingerprint density at radius 1 is 1.39 bits per heavy atom. The van der Waals surface area contributed by atoms with Gasteiger partial charge in [-0.1, -0.05) is 19.1 Å². The van der Waals surface area contributed by atoms with Crippen LogP contribution in [-0.4, -0.2) is 58.5 Å². The molecule has 3 atom stereocenters. The summed E-state index contributed by atoms with van der Waals surface area (Å²) < 4.78 is 0. The van der Waals surface area contributed by atoms with E-state index in [1.807, 2.05) is 42.3 Å². The zero-order chi connectivity index (χ0) is 19.9. The van der Waals surface area contributed by atoms with Crippen LogP contribution < -0.4 is 0 Å². The zero-order valence-electron chi connectivity index (χ0n) is 16.7. The highest BCUT2D eigenvalue weighted by Crippen LogP contribution is 2.47. The fraction of sp³-hybridized carbons (Fsp3) is 0.391. The number of piperidine rings is 1. The van der Waals surface area contributed by atoms with Gasteiger partial charge in [-0.2, -0.15) is 0 Å². The average Bonchev–Trinajstić information content (AvgIpc) is 2.70. The second-order valence-corrected chi connectivity index (χ2v) is 8.27. The number of likely N-dealkylation sites (tertiary alicyclic amines) is 1. The Morgan fingerprint density at radius 2 is 2.21 bits per heavy atom. The fourth-order valence-corrected chi connectivity index (χ4v) is 5.03. The lowest BCUT2D eigenvalue weighted by Crippen LogP contribution is -2.67. The molecule has 1 aliphatic heterocycles. The van der Waals surface area contributed by atoms with Gasteiger partial charge in [0.2, 0.25) is 5.91 Å². The Kier molecular flexibility index (Phi) is 4.71. The van der Waals surface area contributed by atoms with Crippen LogP contribution in [0.5, 0.6) is 5.75 Å². The summed E-state index contributed by atoms with van der Waals surface area (Å²) in [5.41, 5.74) is 3.18. The van der Waals surface area contributed by atoms with Gasteiger partial charge in [-0.3, -0.25) is 9.78 Å². The predicted molar refractivity (Wildman–Crippen MR) is 110 cm³/mol. The minimum atomic E-state index is -0.184. The number of hydrogen-bond acceptors (Lipinski definition) is 4. The highest BCUT2D eigenvalue weighted by Gasteiger charge is 2.52. The van der Waals surface area contributed by atoms with E-state index in [4.69, 9.17) is 0 Å². The third-order valence-corrected chi connectivity index (χ3v) is 6.57. The Labute approximate surface area is 166 Å². The smallest absolute Gasteiger partial charge is 0.246 e. The number of phenols is 1. The normalized spacial score (nSPS) is 26.8. The van der Waals surface area contributed by atoms with Gasteiger partial charge in [0.15, 0.2) is 0 Å². The molecule has 1 aromatic carbocycles. The molecule has 5 nitrogen and oxygen atoms in total. The second kappa shape index (κ2) is 7.06.